The second-order valence-electron chi connectivity index (χ2n) is 2.61. The summed E-state index contributed by atoms with van der Waals surface area (Å²) in [4.78, 5) is 0. The minimum atomic E-state index is -2.83. The molecule has 0 fully saturated rings. The third kappa shape index (κ3) is 2.70. The lowest BCUT2D eigenvalue weighted by Crippen LogP contribution is -2.04. The Morgan fingerprint density at radius 3 is 2.64 bits per heavy atom. The molecule has 0 unspecified atom stereocenters. The molecule has 76 valence electrons. The summed E-state index contributed by atoms with van der Waals surface area (Å²) in [6.07, 6.45) is 0. The summed E-state index contributed by atoms with van der Waals surface area (Å²) in [6, 6.07) is 6.43. The van der Waals surface area contributed by atoms with Gasteiger partial charge in [-0.15, -0.1) is 11.6 Å². The van der Waals surface area contributed by atoms with Crippen molar-refractivity contribution >= 4 is 17.2 Å². The summed E-state index contributed by atoms with van der Waals surface area (Å²) in [6.45, 7) is 0.821. The molecule has 0 aliphatic carbocycles. The Labute approximate surface area is 85.9 Å². The van der Waals surface area contributed by atoms with E-state index in [2.05, 4.69) is 11.3 Å². The normalized spacial score (nSPS) is 10.3. The van der Waals surface area contributed by atoms with E-state index >= 15 is 0 Å². The van der Waals surface area contributed by atoms with E-state index in [0.29, 0.717) is 11.1 Å². The second-order valence-corrected chi connectivity index (χ2v) is 2.88. The van der Waals surface area contributed by atoms with Crippen molar-refractivity contribution in [3.05, 3.63) is 36.4 Å². The summed E-state index contributed by atoms with van der Waals surface area (Å²) in [5, 5.41) is 0. The Bertz CT molecular complexity index is 326. The average molecular weight is 219 g/mol. The molecule has 0 heterocycles. The van der Waals surface area contributed by atoms with Gasteiger partial charge in [0.05, 0.1) is 0 Å². The van der Waals surface area contributed by atoms with Crippen molar-refractivity contribution in [2.75, 3.05) is 5.88 Å². The van der Waals surface area contributed by atoms with Gasteiger partial charge in [0.1, 0.15) is 5.75 Å². The van der Waals surface area contributed by atoms with Crippen LogP contribution in [0.15, 0.2) is 30.8 Å². The molecule has 0 saturated carbocycles. The monoisotopic (exact) mass is 218 g/mol. The molecule has 0 saturated heterocycles. The maximum absolute atomic E-state index is 12.0. The number of hydrogen-bond donors (Lipinski definition) is 0. The number of halogens is 3. The first-order chi connectivity index (χ1) is 6.65. The summed E-state index contributed by atoms with van der Waals surface area (Å²) in [5.41, 5.74) is 1.07. The quantitative estimate of drug-likeness (QED) is 0.703. The summed E-state index contributed by atoms with van der Waals surface area (Å²) in [5.74, 6) is 0.289. The minimum Gasteiger partial charge on any atom is -0.434 e. The van der Waals surface area contributed by atoms with Crippen molar-refractivity contribution in [1.29, 1.82) is 0 Å². The highest BCUT2D eigenvalue weighted by Crippen LogP contribution is 2.26. The Balaban J connectivity index is 2.97. The number of rotatable bonds is 4. The lowest BCUT2D eigenvalue weighted by atomic mass is 10.1. The maximum Gasteiger partial charge on any atom is 0.387 e. The zero-order valence-electron chi connectivity index (χ0n) is 7.34. The first-order valence-corrected chi connectivity index (χ1v) is 4.46. The fourth-order valence-corrected chi connectivity index (χ4v) is 1.17. The summed E-state index contributed by atoms with van der Waals surface area (Å²) < 4.78 is 28.3. The third-order valence-corrected chi connectivity index (χ3v) is 1.97. The van der Waals surface area contributed by atoms with Crippen LogP contribution in [0.4, 0.5) is 8.78 Å². The van der Waals surface area contributed by atoms with Crippen LogP contribution in [0.1, 0.15) is 5.56 Å². The molecule has 1 aromatic rings. The van der Waals surface area contributed by atoms with Gasteiger partial charge in [-0.2, -0.15) is 8.78 Å². The summed E-state index contributed by atoms with van der Waals surface area (Å²) in [7, 11) is 0. The number of ether oxygens (including phenoxy) is 1. The molecular formula is C10H9ClF2O. The van der Waals surface area contributed by atoms with E-state index in [1.165, 1.54) is 6.07 Å². The fourth-order valence-electron chi connectivity index (χ4n) is 1.03. The van der Waals surface area contributed by atoms with Crippen molar-refractivity contribution < 1.29 is 13.5 Å². The average Bonchev–Trinajstić information content (AvgIpc) is 2.16. The molecule has 4 heteroatoms. The number of para-hydroxylation sites is 1. The first kappa shape index (κ1) is 11.0. The molecule has 0 atom stereocenters. The fraction of sp³-hybridized carbons (Fsp3) is 0.200. The van der Waals surface area contributed by atoms with Gasteiger partial charge >= 0.3 is 6.61 Å². The molecule has 0 spiro atoms. The lowest BCUT2D eigenvalue weighted by Gasteiger charge is -2.10. The molecule has 0 bridgehead atoms. The van der Waals surface area contributed by atoms with Gasteiger partial charge in [0.25, 0.3) is 0 Å². The predicted octanol–water partition coefficient (Wildman–Crippen LogP) is 3.54. The second kappa shape index (κ2) is 4.96. The molecule has 0 radical (unpaired) electrons. The largest absolute Gasteiger partial charge is 0.434 e. The predicted molar refractivity (Wildman–Crippen MR) is 52.8 cm³/mol. The van der Waals surface area contributed by atoms with Gasteiger partial charge in [0, 0.05) is 11.4 Å². The zero-order valence-corrected chi connectivity index (χ0v) is 8.10. The van der Waals surface area contributed by atoms with E-state index in [1.807, 2.05) is 0 Å². The number of benzene rings is 1. The molecule has 0 aliphatic rings. The van der Waals surface area contributed by atoms with E-state index in [9.17, 15) is 8.78 Å². The van der Waals surface area contributed by atoms with Crippen molar-refractivity contribution in [2.45, 2.75) is 6.61 Å². The van der Waals surface area contributed by atoms with Crippen molar-refractivity contribution in [3.63, 3.8) is 0 Å². The van der Waals surface area contributed by atoms with Crippen LogP contribution in [0.25, 0.3) is 5.57 Å². The van der Waals surface area contributed by atoms with Crippen LogP contribution in [0.5, 0.6) is 5.75 Å². The highest BCUT2D eigenvalue weighted by atomic mass is 35.5. The highest BCUT2D eigenvalue weighted by Gasteiger charge is 2.10. The zero-order chi connectivity index (χ0) is 10.6. The molecule has 1 rings (SSSR count). The van der Waals surface area contributed by atoms with E-state index in [-0.39, 0.29) is 11.6 Å². The van der Waals surface area contributed by atoms with Gasteiger partial charge in [-0.3, -0.25) is 0 Å². The molecule has 0 amide bonds. The molecular weight excluding hydrogens is 210 g/mol. The Morgan fingerprint density at radius 2 is 2.07 bits per heavy atom. The molecule has 0 N–H and O–H groups in total. The molecule has 0 aromatic heterocycles. The van der Waals surface area contributed by atoms with Crippen LogP contribution in [0.3, 0.4) is 0 Å². The Hall–Kier alpha value is -1.09. The van der Waals surface area contributed by atoms with Crippen LogP contribution in [-0.4, -0.2) is 12.5 Å². The van der Waals surface area contributed by atoms with E-state index < -0.39 is 6.61 Å². The van der Waals surface area contributed by atoms with Gasteiger partial charge in [0.2, 0.25) is 0 Å². The van der Waals surface area contributed by atoms with Crippen LogP contribution < -0.4 is 4.74 Å². The van der Waals surface area contributed by atoms with Gasteiger partial charge in [-0.1, -0.05) is 24.8 Å². The van der Waals surface area contributed by atoms with Crippen molar-refractivity contribution in [3.8, 4) is 5.75 Å². The van der Waals surface area contributed by atoms with Crippen molar-refractivity contribution in [1.82, 2.24) is 0 Å². The SMILES string of the molecule is C=C(CCl)c1ccccc1OC(F)F. The van der Waals surface area contributed by atoms with E-state index in [1.54, 1.807) is 18.2 Å². The van der Waals surface area contributed by atoms with Crippen LogP contribution in [0, 0.1) is 0 Å². The smallest absolute Gasteiger partial charge is 0.387 e. The Morgan fingerprint density at radius 1 is 1.43 bits per heavy atom. The number of alkyl halides is 3. The van der Waals surface area contributed by atoms with E-state index in [4.69, 9.17) is 11.6 Å². The van der Waals surface area contributed by atoms with E-state index in [0.717, 1.165) is 0 Å². The first-order valence-electron chi connectivity index (χ1n) is 3.93. The highest BCUT2D eigenvalue weighted by molar-refractivity contribution is 6.23. The van der Waals surface area contributed by atoms with Crippen LogP contribution >= 0.6 is 11.6 Å². The topological polar surface area (TPSA) is 9.23 Å². The van der Waals surface area contributed by atoms with Crippen LogP contribution in [-0.2, 0) is 0 Å². The third-order valence-electron chi connectivity index (χ3n) is 1.65. The molecule has 14 heavy (non-hydrogen) atoms. The van der Waals surface area contributed by atoms with Gasteiger partial charge < -0.3 is 4.74 Å². The standard InChI is InChI=1S/C10H9ClF2O/c1-7(6-11)8-4-2-3-5-9(8)14-10(12)13/h2-5,10H,1,6H2. The summed E-state index contributed by atoms with van der Waals surface area (Å²) >= 11 is 5.55. The molecule has 1 aromatic carbocycles. The minimum absolute atomic E-state index is 0.105. The van der Waals surface area contributed by atoms with Crippen molar-refractivity contribution in [2.24, 2.45) is 0 Å². The van der Waals surface area contributed by atoms with Gasteiger partial charge in [-0.25, -0.2) is 0 Å². The molecule has 1 nitrogen and oxygen atoms in total. The maximum atomic E-state index is 12.0. The number of hydrogen-bond acceptors (Lipinski definition) is 1. The van der Waals surface area contributed by atoms with Gasteiger partial charge in [-0.05, 0) is 11.6 Å². The number of allylic oxidation sites excluding steroid dienone is 1. The van der Waals surface area contributed by atoms with Crippen LogP contribution in [0.2, 0.25) is 0 Å². The molecule has 0 aliphatic heterocycles. The lowest BCUT2D eigenvalue weighted by molar-refractivity contribution is -0.0500. The Kier molecular flexibility index (Phi) is 3.89. The van der Waals surface area contributed by atoms with Gasteiger partial charge in [0.15, 0.2) is 0 Å².